The lowest BCUT2D eigenvalue weighted by Gasteiger charge is -2.37. The zero-order valence-corrected chi connectivity index (χ0v) is 33.5. The van der Waals surface area contributed by atoms with Gasteiger partial charge in [0.25, 0.3) is 5.91 Å². The monoisotopic (exact) mass is 868 g/mol. The molecule has 0 aliphatic carbocycles. The van der Waals surface area contributed by atoms with Crippen LogP contribution in [0.4, 0.5) is 30.7 Å². The number of ether oxygens (including phenoxy) is 1. The summed E-state index contributed by atoms with van der Waals surface area (Å²) in [5, 5.41) is 14.7. The van der Waals surface area contributed by atoms with E-state index in [9.17, 15) is 36.3 Å². The number of hydrogen-bond donors (Lipinski definition) is 1. The molecule has 1 saturated heterocycles. The largest absolute Gasteiger partial charge is 0.435 e. The third-order valence-corrected chi connectivity index (χ3v) is 11.0. The number of aromatic nitrogens is 8. The van der Waals surface area contributed by atoms with E-state index in [1.54, 1.807) is 4.68 Å². The molecule has 0 spiro atoms. The van der Waals surface area contributed by atoms with Gasteiger partial charge in [0.1, 0.15) is 17.6 Å². The van der Waals surface area contributed by atoms with Crippen molar-refractivity contribution in [1.29, 1.82) is 0 Å². The SMILES string of the molecule is Cn1cc(-c2cc(C(F)(F)F)nn2CC(C)(C)NC(=O)[C@@H](Cc2cnn(C(F)F)c2)N2CCc3c(-c4ncc5c(cnn5C5CCCCO5)c4F)ccc(F)c3C2=O)ccc1=O. The van der Waals surface area contributed by atoms with Crippen LogP contribution in [0.15, 0.2) is 66.1 Å². The van der Waals surface area contributed by atoms with Crippen molar-refractivity contribution in [2.45, 2.75) is 83.0 Å². The number of carbonyl (C=O) groups excluding carboxylic acids is 2. The van der Waals surface area contributed by atoms with E-state index in [0.717, 1.165) is 46.9 Å². The van der Waals surface area contributed by atoms with Crippen LogP contribution in [0.2, 0.25) is 0 Å². The summed E-state index contributed by atoms with van der Waals surface area (Å²) in [4.78, 5) is 46.4. The van der Waals surface area contributed by atoms with Gasteiger partial charge in [-0.05, 0) is 74.9 Å². The van der Waals surface area contributed by atoms with Crippen LogP contribution < -0.4 is 10.9 Å². The van der Waals surface area contributed by atoms with Gasteiger partial charge in [0.15, 0.2) is 17.7 Å². The molecule has 5 aromatic heterocycles. The molecule has 2 aliphatic rings. The summed E-state index contributed by atoms with van der Waals surface area (Å²) in [5.41, 5.74) is -2.64. The van der Waals surface area contributed by atoms with Crippen LogP contribution in [-0.2, 0) is 42.1 Å². The maximum absolute atomic E-state index is 16.3. The second-order valence-electron chi connectivity index (χ2n) is 16.0. The number of fused-ring (bicyclic) bond motifs is 2. The lowest BCUT2D eigenvalue weighted by atomic mass is 9.89. The minimum Gasteiger partial charge on any atom is -0.356 e. The molecule has 0 bridgehead atoms. The van der Waals surface area contributed by atoms with Gasteiger partial charge >= 0.3 is 12.7 Å². The van der Waals surface area contributed by atoms with Crippen molar-refractivity contribution < 1.29 is 45.1 Å². The van der Waals surface area contributed by atoms with Crippen LogP contribution in [0.5, 0.6) is 0 Å². The summed E-state index contributed by atoms with van der Waals surface area (Å²) in [7, 11) is 1.43. The van der Waals surface area contributed by atoms with Crippen molar-refractivity contribution in [2.75, 3.05) is 13.2 Å². The van der Waals surface area contributed by atoms with Gasteiger partial charge in [0, 0.05) is 56.2 Å². The second kappa shape index (κ2) is 16.1. The molecule has 1 N–H and O–H groups in total. The van der Waals surface area contributed by atoms with Crippen LogP contribution in [0, 0.1) is 11.6 Å². The molecule has 1 fully saturated rings. The Hall–Kier alpha value is -6.38. The molecule has 62 heavy (non-hydrogen) atoms. The average molecular weight is 869 g/mol. The molecule has 0 radical (unpaired) electrons. The normalized spacial score (nSPS) is 16.6. The van der Waals surface area contributed by atoms with Crippen molar-refractivity contribution >= 4 is 22.7 Å². The maximum atomic E-state index is 16.3. The first-order chi connectivity index (χ1) is 29.4. The number of benzene rings is 1. The number of nitrogens with zero attached hydrogens (tertiary/aromatic N) is 9. The van der Waals surface area contributed by atoms with Crippen LogP contribution in [-0.4, -0.2) is 80.3 Å². The van der Waals surface area contributed by atoms with Crippen molar-refractivity contribution in [3.8, 4) is 22.5 Å². The first kappa shape index (κ1) is 42.3. The van der Waals surface area contributed by atoms with Gasteiger partial charge in [-0.1, -0.05) is 0 Å². The number of aryl methyl sites for hydroxylation is 1. The summed E-state index contributed by atoms with van der Waals surface area (Å²) in [5.74, 6) is -3.51. The summed E-state index contributed by atoms with van der Waals surface area (Å²) in [6, 6.07) is 4.16. The van der Waals surface area contributed by atoms with Crippen LogP contribution in [0.25, 0.3) is 33.4 Å². The Morgan fingerprint density at radius 3 is 2.50 bits per heavy atom. The van der Waals surface area contributed by atoms with E-state index in [0.29, 0.717) is 23.2 Å². The first-order valence-electron chi connectivity index (χ1n) is 19.6. The van der Waals surface area contributed by atoms with Crippen molar-refractivity contribution in [2.24, 2.45) is 7.05 Å². The molecule has 6 aromatic rings. The molecule has 1 aromatic carbocycles. The van der Waals surface area contributed by atoms with Gasteiger partial charge in [-0.2, -0.15) is 37.2 Å². The molecule has 14 nitrogen and oxygen atoms in total. The number of halogens is 7. The number of carbonyl (C=O) groups is 2. The summed E-state index contributed by atoms with van der Waals surface area (Å²) >= 11 is 0. The van der Waals surface area contributed by atoms with Crippen LogP contribution in [0.1, 0.15) is 73.1 Å². The zero-order valence-electron chi connectivity index (χ0n) is 33.5. The number of amides is 2. The summed E-state index contributed by atoms with van der Waals surface area (Å²) < 4.78 is 111. The summed E-state index contributed by atoms with van der Waals surface area (Å²) in [6.07, 6.45) is 3.00. The minimum atomic E-state index is -4.84. The molecule has 2 atom stereocenters. The van der Waals surface area contributed by atoms with Gasteiger partial charge in [-0.15, -0.1) is 0 Å². The maximum Gasteiger partial charge on any atom is 0.435 e. The smallest absolute Gasteiger partial charge is 0.356 e. The summed E-state index contributed by atoms with van der Waals surface area (Å²) in [6.45, 7) is -0.0572. The fourth-order valence-electron chi connectivity index (χ4n) is 8.06. The van der Waals surface area contributed by atoms with E-state index >= 15 is 8.78 Å². The fourth-order valence-corrected chi connectivity index (χ4v) is 8.06. The molecular formula is C41H39F7N10O4. The molecule has 21 heteroatoms. The quantitative estimate of drug-likeness (QED) is 0.146. The highest BCUT2D eigenvalue weighted by Gasteiger charge is 2.40. The van der Waals surface area contributed by atoms with Crippen molar-refractivity contribution in [3.05, 3.63) is 106 Å². The van der Waals surface area contributed by atoms with E-state index in [1.165, 1.54) is 62.3 Å². The lowest BCUT2D eigenvalue weighted by Crippen LogP contribution is -2.58. The number of rotatable bonds is 11. The van der Waals surface area contributed by atoms with Gasteiger partial charge in [0.2, 0.25) is 11.5 Å². The standard InChI is InChI=1S/C41H39F7N10O4/c1-40(2,21-57-28(15-31(53-57)41(46,47)48)23-7-10-32(59)54(3)20-23)52-37(60)29(14-22-16-50-56(19-22)39(44)45)55-12-11-24-25(8-9-27(42)34(24)38(55)61)36-35(43)26-17-51-58(30(26)18-49-36)33-6-4-5-13-62-33/h7-10,15-20,29,33,39H,4-6,11-14,21H2,1-3H3,(H,52,60)/t29-,33?/m1/s1. The Bertz CT molecular complexity index is 2750. The third-order valence-electron chi connectivity index (χ3n) is 11.0. The predicted octanol–water partition coefficient (Wildman–Crippen LogP) is 6.45. The van der Waals surface area contributed by atoms with Crippen LogP contribution >= 0.6 is 0 Å². The minimum absolute atomic E-state index is 0.0162. The highest BCUT2D eigenvalue weighted by atomic mass is 19.4. The Balaban J connectivity index is 1.11. The highest BCUT2D eigenvalue weighted by Crippen LogP contribution is 2.37. The number of alkyl halides is 5. The topological polar surface area (TPSA) is 147 Å². The molecular weight excluding hydrogens is 830 g/mol. The zero-order chi connectivity index (χ0) is 44.2. The van der Waals surface area contributed by atoms with E-state index in [4.69, 9.17) is 4.74 Å². The van der Waals surface area contributed by atoms with Gasteiger partial charge in [-0.25, -0.2) is 18.1 Å². The molecule has 8 rings (SSSR count). The average Bonchev–Trinajstić information content (AvgIpc) is 3.98. The number of pyridine rings is 2. The van der Waals surface area contributed by atoms with Gasteiger partial charge < -0.3 is 19.5 Å². The van der Waals surface area contributed by atoms with Crippen molar-refractivity contribution in [3.63, 3.8) is 0 Å². The number of nitrogens with one attached hydrogen (secondary N) is 1. The Labute approximate surface area is 347 Å². The van der Waals surface area contributed by atoms with E-state index in [2.05, 4.69) is 25.6 Å². The lowest BCUT2D eigenvalue weighted by molar-refractivity contribution is -0.141. The fraction of sp³-hybridized carbons (Fsp3) is 0.390. The van der Waals surface area contributed by atoms with Crippen LogP contribution in [0.3, 0.4) is 0 Å². The Morgan fingerprint density at radius 2 is 1.81 bits per heavy atom. The Kier molecular flexibility index (Phi) is 11.0. The van der Waals surface area contributed by atoms with Crippen molar-refractivity contribution in [1.82, 2.24) is 49.1 Å². The molecule has 2 amide bonds. The van der Waals surface area contributed by atoms with E-state index in [-0.39, 0.29) is 65.0 Å². The molecule has 1 unspecified atom stereocenters. The highest BCUT2D eigenvalue weighted by molar-refractivity contribution is 6.02. The molecule has 7 heterocycles. The van der Waals surface area contributed by atoms with E-state index < -0.39 is 70.8 Å². The number of hydrogen-bond acceptors (Lipinski definition) is 8. The Morgan fingerprint density at radius 1 is 1.02 bits per heavy atom. The molecule has 0 saturated carbocycles. The van der Waals surface area contributed by atoms with Gasteiger partial charge in [-0.3, -0.25) is 24.0 Å². The second-order valence-corrected chi connectivity index (χ2v) is 16.0. The van der Waals surface area contributed by atoms with Gasteiger partial charge in [0.05, 0.1) is 52.8 Å². The molecule has 2 aliphatic heterocycles. The van der Waals surface area contributed by atoms with E-state index in [1.807, 2.05) is 0 Å². The third kappa shape index (κ3) is 8.07. The first-order valence-corrected chi connectivity index (χ1v) is 19.6. The molecule has 326 valence electrons. The predicted molar refractivity (Wildman–Crippen MR) is 208 cm³/mol.